The highest BCUT2D eigenvalue weighted by molar-refractivity contribution is 8.01. The average molecular weight is 464 g/mol. The zero-order valence-corrected chi connectivity index (χ0v) is 19.1. The number of thiophene rings is 1. The van der Waals surface area contributed by atoms with Gasteiger partial charge in [-0.05, 0) is 47.5 Å². The summed E-state index contributed by atoms with van der Waals surface area (Å²) in [4.78, 5) is 7.27. The van der Waals surface area contributed by atoms with Crippen LogP contribution in [0.4, 0.5) is 5.69 Å². The Bertz CT molecular complexity index is 1230. The number of nitrogens with zero attached hydrogens (tertiary/aromatic N) is 5. The van der Waals surface area contributed by atoms with Gasteiger partial charge in [0.15, 0.2) is 20.0 Å². The molecule has 7 nitrogen and oxygen atoms in total. The van der Waals surface area contributed by atoms with Crippen LogP contribution in [0.2, 0.25) is 0 Å². The Morgan fingerprint density at radius 2 is 1.86 bits per heavy atom. The smallest absolute Gasteiger partial charge is 0.203 e. The molecular formula is C18H17N5O2S4. The number of rotatable bonds is 6. The van der Waals surface area contributed by atoms with Crippen LogP contribution in [0, 0.1) is 0 Å². The van der Waals surface area contributed by atoms with Crippen LogP contribution in [0.25, 0.3) is 16.4 Å². The lowest BCUT2D eigenvalue weighted by Gasteiger charge is -2.14. The van der Waals surface area contributed by atoms with Gasteiger partial charge >= 0.3 is 0 Å². The molecule has 0 aliphatic heterocycles. The van der Waals surface area contributed by atoms with Crippen molar-refractivity contribution in [2.24, 2.45) is 0 Å². The lowest BCUT2D eigenvalue weighted by molar-refractivity contribution is 0.603. The highest BCUT2D eigenvalue weighted by Gasteiger charge is 2.20. The summed E-state index contributed by atoms with van der Waals surface area (Å²) in [7, 11) is 0.705. The van der Waals surface area contributed by atoms with E-state index in [0.29, 0.717) is 9.50 Å². The molecule has 4 aromatic rings. The molecule has 0 aliphatic carbocycles. The highest BCUT2D eigenvalue weighted by atomic mass is 32.2. The molecule has 0 N–H and O–H groups in total. The number of sulfone groups is 1. The Hall–Kier alpha value is -2.21. The van der Waals surface area contributed by atoms with E-state index in [-0.39, 0.29) is 4.21 Å². The minimum atomic E-state index is -3.28. The van der Waals surface area contributed by atoms with E-state index in [1.807, 2.05) is 65.3 Å². The van der Waals surface area contributed by atoms with Gasteiger partial charge in [-0.1, -0.05) is 17.4 Å². The number of benzene rings is 1. The van der Waals surface area contributed by atoms with Gasteiger partial charge in [-0.2, -0.15) is 0 Å². The minimum absolute atomic E-state index is 0.236. The van der Waals surface area contributed by atoms with Crippen molar-refractivity contribution < 1.29 is 8.42 Å². The molecule has 0 fully saturated rings. The molecule has 3 heterocycles. The summed E-state index contributed by atoms with van der Waals surface area (Å²) >= 11 is 4.02. The molecule has 0 unspecified atom stereocenters. The minimum Gasteiger partial charge on any atom is -0.378 e. The molecule has 150 valence electrons. The van der Waals surface area contributed by atoms with Gasteiger partial charge in [0.25, 0.3) is 0 Å². The van der Waals surface area contributed by atoms with E-state index < -0.39 is 9.84 Å². The van der Waals surface area contributed by atoms with Crippen molar-refractivity contribution in [2.75, 3.05) is 25.3 Å². The maximum atomic E-state index is 11.8. The predicted octanol–water partition coefficient (Wildman–Crippen LogP) is 4.07. The van der Waals surface area contributed by atoms with Crippen molar-refractivity contribution in [3.8, 4) is 16.4 Å². The van der Waals surface area contributed by atoms with Crippen molar-refractivity contribution in [1.29, 1.82) is 0 Å². The first-order chi connectivity index (χ1) is 13.8. The van der Waals surface area contributed by atoms with Crippen molar-refractivity contribution in [2.45, 2.75) is 13.7 Å². The van der Waals surface area contributed by atoms with Crippen molar-refractivity contribution in [1.82, 2.24) is 19.7 Å². The van der Waals surface area contributed by atoms with Crippen LogP contribution in [-0.2, 0) is 9.84 Å². The summed E-state index contributed by atoms with van der Waals surface area (Å²) in [6, 6.07) is 12.1. The Morgan fingerprint density at radius 3 is 2.45 bits per heavy atom. The Morgan fingerprint density at radius 1 is 1.10 bits per heavy atom. The van der Waals surface area contributed by atoms with Gasteiger partial charge in [-0.25, -0.2) is 13.4 Å². The Labute approximate surface area is 181 Å². The number of aromatic nitrogens is 4. The van der Waals surface area contributed by atoms with E-state index in [4.69, 9.17) is 0 Å². The number of anilines is 1. The topological polar surface area (TPSA) is 81.0 Å². The molecule has 0 bridgehead atoms. The molecule has 0 radical (unpaired) electrons. The normalized spacial score (nSPS) is 11.7. The molecular weight excluding hydrogens is 446 g/mol. The third kappa shape index (κ3) is 4.22. The van der Waals surface area contributed by atoms with Crippen LogP contribution < -0.4 is 4.90 Å². The second kappa shape index (κ2) is 7.90. The van der Waals surface area contributed by atoms with E-state index in [9.17, 15) is 8.42 Å². The standard InChI is InChI=1S/C18H17N5O2S4/c1-22(2)12-6-8-13(9-7-12)23-16(14-5-4-10-26-14)20-21-17(23)28-18-19-11-15(27-18)29(3,24)25/h4-11H,1-3H3. The molecule has 4 rings (SSSR count). The van der Waals surface area contributed by atoms with Crippen LogP contribution in [0.1, 0.15) is 0 Å². The van der Waals surface area contributed by atoms with E-state index in [1.165, 1.54) is 24.2 Å². The Balaban J connectivity index is 1.77. The van der Waals surface area contributed by atoms with E-state index in [1.54, 1.807) is 11.3 Å². The van der Waals surface area contributed by atoms with E-state index in [0.717, 1.165) is 33.4 Å². The largest absolute Gasteiger partial charge is 0.378 e. The van der Waals surface area contributed by atoms with Crippen molar-refractivity contribution >= 4 is 50.0 Å². The molecule has 0 amide bonds. The maximum Gasteiger partial charge on any atom is 0.203 e. The summed E-state index contributed by atoms with van der Waals surface area (Å²) in [5.74, 6) is 0.736. The summed E-state index contributed by atoms with van der Waals surface area (Å²) in [5, 5.41) is 11.4. The van der Waals surface area contributed by atoms with Gasteiger partial charge in [0.05, 0.1) is 11.1 Å². The molecule has 3 aromatic heterocycles. The van der Waals surface area contributed by atoms with Gasteiger partial charge in [-0.3, -0.25) is 4.57 Å². The number of hydrogen-bond donors (Lipinski definition) is 0. The molecule has 0 atom stereocenters. The van der Waals surface area contributed by atoms with Crippen LogP contribution in [0.3, 0.4) is 0 Å². The van der Waals surface area contributed by atoms with Crippen LogP contribution in [0.15, 0.2) is 61.7 Å². The number of hydrogen-bond acceptors (Lipinski definition) is 9. The summed E-state index contributed by atoms with van der Waals surface area (Å²) in [6.45, 7) is 0. The molecule has 0 aliphatic rings. The summed E-state index contributed by atoms with van der Waals surface area (Å²) in [5.41, 5.74) is 2.01. The van der Waals surface area contributed by atoms with Gasteiger partial charge in [0.1, 0.15) is 4.21 Å². The van der Waals surface area contributed by atoms with Gasteiger partial charge in [0.2, 0.25) is 5.16 Å². The van der Waals surface area contributed by atoms with Crippen LogP contribution in [-0.4, -0.2) is 48.5 Å². The fourth-order valence-electron chi connectivity index (χ4n) is 2.57. The van der Waals surface area contributed by atoms with E-state index >= 15 is 0 Å². The highest BCUT2D eigenvalue weighted by Crippen LogP contribution is 2.36. The average Bonchev–Trinajstić information content (AvgIpc) is 3.42. The molecule has 0 spiro atoms. The zero-order chi connectivity index (χ0) is 20.6. The van der Waals surface area contributed by atoms with Gasteiger partial charge in [-0.15, -0.1) is 21.5 Å². The summed E-state index contributed by atoms with van der Waals surface area (Å²) < 4.78 is 26.3. The lowest BCUT2D eigenvalue weighted by Crippen LogP contribution is -2.08. The van der Waals surface area contributed by atoms with Crippen LogP contribution >= 0.6 is 34.4 Å². The zero-order valence-electron chi connectivity index (χ0n) is 15.8. The lowest BCUT2D eigenvalue weighted by atomic mass is 10.2. The van der Waals surface area contributed by atoms with Crippen molar-refractivity contribution in [3.05, 3.63) is 48.0 Å². The third-order valence-corrected chi connectivity index (χ3v) is 8.68. The first kappa shape index (κ1) is 20.1. The fraction of sp³-hybridized carbons (Fsp3) is 0.167. The summed E-state index contributed by atoms with van der Waals surface area (Å²) in [6.07, 6.45) is 2.56. The third-order valence-electron chi connectivity index (χ3n) is 4.01. The molecule has 0 saturated carbocycles. The Kier molecular flexibility index (Phi) is 5.47. The molecule has 0 saturated heterocycles. The maximum absolute atomic E-state index is 11.8. The van der Waals surface area contributed by atoms with Crippen LogP contribution in [0.5, 0.6) is 0 Å². The second-order valence-electron chi connectivity index (χ2n) is 6.35. The molecule has 11 heteroatoms. The first-order valence-corrected chi connectivity index (χ1v) is 12.8. The van der Waals surface area contributed by atoms with E-state index in [2.05, 4.69) is 15.2 Å². The fourth-order valence-corrected chi connectivity index (χ4v) is 6.19. The second-order valence-corrected chi connectivity index (χ2v) is 11.8. The monoisotopic (exact) mass is 463 g/mol. The molecule has 29 heavy (non-hydrogen) atoms. The van der Waals surface area contributed by atoms with Crippen molar-refractivity contribution in [3.63, 3.8) is 0 Å². The SMILES string of the molecule is CN(C)c1ccc(-n2c(Sc3ncc(S(C)(=O)=O)s3)nnc2-c2cccs2)cc1. The van der Waals surface area contributed by atoms with Gasteiger partial charge in [0, 0.05) is 31.7 Å². The first-order valence-electron chi connectivity index (χ1n) is 8.44. The number of thiazole rings is 1. The van der Waals surface area contributed by atoms with Gasteiger partial charge < -0.3 is 4.90 Å². The predicted molar refractivity (Wildman–Crippen MR) is 118 cm³/mol. The molecule has 1 aromatic carbocycles. The quantitative estimate of drug-likeness (QED) is 0.426.